The molecule has 0 spiro atoms. The fourth-order valence-corrected chi connectivity index (χ4v) is 3.53. The van der Waals surface area contributed by atoms with Crippen LogP contribution in [0.5, 0.6) is 0 Å². The second-order valence-electron chi connectivity index (χ2n) is 7.66. The Balaban J connectivity index is 1.29. The highest BCUT2D eigenvalue weighted by Crippen LogP contribution is 2.37. The summed E-state index contributed by atoms with van der Waals surface area (Å²) < 4.78 is 1.88. The van der Waals surface area contributed by atoms with Crippen LogP contribution < -0.4 is 5.32 Å². The van der Waals surface area contributed by atoms with Crippen LogP contribution in [0.15, 0.2) is 12.4 Å². The van der Waals surface area contributed by atoms with Crippen molar-refractivity contribution in [2.24, 2.45) is 0 Å². The van der Waals surface area contributed by atoms with Gasteiger partial charge in [0, 0.05) is 25.3 Å². The van der Waals surface area contributed by atoms with Crippen LogP contribution >= 0.6 is 0 Å². The number of nitrogens with one attached hydrogen (secondary N) is 1. The molecule has 2 N–H and O–H groups in total. The zero-order chi connectivity index (χ0) is 17.4. The number of carbonyl (C=O) groups excluding carboxylic acids is 2. The molecule has 1 heterocycles. The molecule has 0 saturated heterocycles. The molecule has 136 valence electrons. The quantitative estimate of drug-likeness (QED) is 0.778. The van der Waals surface area contributed by atoms with E-state index in [2.05, 4.69) is 10.4 Å². The number of rotatable bonds is 7. The van der Waals surface area contributed by atoms with Gasteiger partial charge in [0.05, 0.1) is 17.8 Å². The van der Waals surface area contributed by atoms with Crippen molar-refractivity contribution in [2.75, 3.05) is 13.1 Å². The van der Waals surface area contributed by atoms with Crippen molar-refractivity contribution in [1.29, 1.82) is 0 Å². The van der Waals surface area contributed by atoms with Crippen LogP contribution in [0.25, 0.3) is 0 Å². The molecule has 3 saturated carbocycles. The lowest BCUT2D eigenvalue weighted by atomic mass is 9.79. The number of hydrogen-bond acceptors (Lipinski definition) is 4. The molecule has 2 amide bonds. The fourth-order valence-electron chi connectivity index (χ4n) is 3.53. The summed E-state index contributed by atoms with van der Waals surface area (Å²) in [7, 11) is 0. The predicted molar refractivity (Wildman–Crippen MR) is 91.0 cm³/mol. The summed E-state index contributed by atoms with van der Waals surface area (Å²) in [5.41, 5.74) is -0.593. The smallest absolute Gasteiger partial charge is 0.254 e. The Bertz CT molecular complexity index is 659. The molecule has 0 aliphatic heterocycles. The Kier molecular flexibility index (Phi) is 4.27. The van der Waals surface area contributed by atoms with Crippen LogP contribution in [-0.2, 0) is 4.79 Å². The highest BCUT2D eigenvalue weighted by atomic mass is 16.3. The summed E-state index contributed by atoms with van der Waals surface area (Å²) in [6.07, 6.45) is 10.9. The summed E-state index contributed by atoms with van der Waals surface area (Å²) in [6.45, 7) is 0.847. The number of amides is 2. The molecule has 25 heavy (non-hydrogen) atoms. The Morgan fingerprint density at radius 1 is 1.28 bits per heavy atom. The minimum absolute atomic E-state index is 0.156. The average Bonchev–Trinajstić information content (AvgIpc) is 3.25. The van der Waals surface area contributed by atoms with Crippen LogP contribution in [0.3, 0.4) is 0 Å². The van der Waals surface area contributed by atoms with Gasteiger partial charge in [0.1, 0.15) is 5.60 Å². The summed E-state index contributed by atoms with van der Waals surface area (Å²) in [6, 6.07) is 0.670. The Morgan fingerprint density at radius 2 is 2.04 bits per heavy atom. The van der Waals surface area contributed by atoms with Crippen LogP contribution in [0.2, 0.25) is 0 Å². The molecule has 0 bridgehead atoms. The average molecular weight is 346 g/mol. The van der Waals surface area contributed by atoms with Crippen LogP contribution in [0.4, 0.5) is 0 Å². The van der Waals surface area contributed by atoms with E-state index in [1.54, 1.807) is 17.3 Å². The van der Waals surface area contributed by atoms with Gasteiger partial charge in [0.2, 0.25) is 0 Å². The van der Waals surface area contributed by atoms with Crippen molar-refractivity contribution in [2.45, 2.75) is 69.1 Å². The van der Waals surface area contributed by atoms with E-state index < -0.39 is 5.60 Å². The maximum atomic E-state index is 12.5. The maximum absolute atomic E-state index is 12.5. The lowest BCUT2D eigenvalue weighted by Crippen LogP contribution is -2.55. The highest BCUT2D eigenvalue weighted by molar-refractivity contribution is 5.93. The van der Waals surface area contributed by atoms with E-state index in [0.717, 1.165) is 32.1 Å². The first kappa shape index (κ1) is 16.6. The minimum atomic E-state index is -1.16. The van der Waals surface area contributed by atoms with Crippen LogP contribution in [-0.4, -0.2) is 56.3 Å². The third-order valence-corrected chi connectivity index (χ3v) is 5.78. The van der Waals surface area contributed by atoms with Gasteiger partial charge in [-0.1, -0.05) is 0 Å². The molecule has 3 fully saturated rings. The molecule has 7 heteroatoms. The van der Waals surface area contributed by atoms with E-state index in [1.165, 1.54) is 6.42 Å². The second kappa shape index (κ2) is 6.44. The first-order valence-corrected chi connectivity index (χ1v) is 9.43. The van der Waals surface area contributed by atoms with E-state index in [9.17, 15) is 14.7 Å². The standard InChI is InChI=1S/C18H26N4O3/c23-16(13-11-20-22(12-13)15-3-1-4-15)19-9-10-21(14-5-6-14)17(24)18(25)7-2-8-18/h11-12,14-15,25H,1-10H2,(H,19,23). The van der Waals surface area contributed by atoms with E-state index in [0.29, 0.717) is 37.5 Å². The lowest BCUT2D eigenvalue weighted by Gasteiger charge is -2.39. The summed E-state index contributed by atoms with van der Waals surface area (Å²) in [5.74, 6) is -0.315. The van der Waals surface area contributed by atoms with Gasteiger partial charge in [0.15, 0.2) is 0 Å². The van der Waals surface area contributed by atoms with Crippen molar-refractivity contribution < 1.29 is 14.7 Å². The number of aliphatic hydroxyl groups is 1. The molecule has 0 aromatic carbocycles. The minimum Gasteiger partial charge on any atom is -0.380 e. The Labute approximate surface area is 147 Å². The molecule has 7 nitrogen and oxygen atoms in total. The summed E-state index contributed by atoms with van der Waals surface area (Å²) in [5, 5.41) is 17.5. The normalized spacial score (nSPS) is 22.0. The van der Waals surface area contributed by atoms with Crippen molar-refractivity contribution in [1.82, 2.24) is 20.0 Å². The van der Waals surface area contributed by atoms with Gasteiger partial charge in [-0.3, -0.25) is 14.3 Å². The van der Waals surface area contributed by atoms with Crippen molar-refractivity contribution in [3.63, 3.8) is 0 Å². The molecule has 3 aliphatic rings. The van der Waals surface area contributed by atoms with Gasteiger partial charge >= 0.3 is 0 Å². The van der Waals surface area contributed by atoms with Crippen LogP contribution in [0, 0.1) is 0 Å². The van der Waals surface area contributed by atoms with Crippen molar-refractivity contribution >= 4 is 11.8 Å². The van der Waals surface area contributed by atoms with Gasteiger partial charge in [-0.05, 0) is 51.4 Å². The van der Waals surface area contributed by atoms with E-state index >= 15 is 0 Å². The fraction of sp³-hybridized carbons (Fsp3) is 0.722. The third-order valence-electron chi connectivity index (χ3n) is 5.78. The molecule has 0 unspecified atom stereocenters. The predicted octanol–water partition coefficient (Wildman–Crippen LogP) is 1.24. The number of nitrogens with zero attached hydrogens (tertiary/aromatic N) is 3. The zero-order valence-corrected chi connectivity index (χ0v) is 14.5. The van der Waals surface area contributed by atoms with E-state index in [1.807, 2.05) is 4.68 Å². The van der Waals surface area contributed by atoms with Gasteiger partial charge in [-0.15, -0.1) is 0 Å². The topological polar surface area (TPSA) is 87.5 Å². The number of aromatic nitrogens is 2. The Morgan fingerprint density at radius 3 is 2.60 bits per heavy atom. The number of hydrogen-bond donors (Lipinski definition) is 2. The van der Waals surface area contributed by atoms with Gasteiger partial charge in [-0.25, -0.2) is 0 Å². The monoisotopic (exact) mass is 346 g/mol. The van der Waals surface area contributed by atoms with Crippen molar-refractivity contribution in [3.8, 4) is 0 Å². The van der Waals surface area contributed by atoms with Crippen molar-refractivity contribution in [3.05, 3.63) is 18.0 Å². The zero-order valence-electron chi connectivity index (χ0n) is 14.5. The van der Waals surface area contributed by atoms with E-state index in [-0.39, 0.29) is 17.9 Å². The molecular weight excluding hydrogens is 320 g/mol. The molecule has 3 aliphatic carbocycles. The largest absolute Gasteiger partial charge is 0.380 e. The van der Waals surface area contributed by atoms with Gasteiger partial charge < -0.3 is 15.3 Å². The maximum Gasteiger partial charge on any atom is 0.254 e. The van der Waals surface area contributed by atoms with E-state index in [4.69, 9.17) is 0 Å². The highest BCUT2D eigenvalue weighted by Gasteiger charge is 2.47. The SMILES string of the molecule is O=C(NCCN(C(=O)C1(O)CCC1)C1CC1)c1cnn(C2CCC2)c1. The van der Waals surface area contributed by atoms with Crippen LogP contribution in [0.1, 0.15) is 67.8 Å². The molecule has 4 rings (SSSR count). The van der Waals surface area contributed by atoms with Gasteiger partial charge in [0.25, 0.3) is 11.8 Å². The first-order valence-electron chi connectivity index (χ1n) is 9.43. The van der Waals surface area contributed by atoms with Gasteiger partial charge in [-0.2, -0.15) is 5.10 Å². The second-order valence-corrected chi connectivity index (χ2v) is 7.66. The molecule has 0 atom stereocenters. The number of carbonyl (C=O) groups is 2. The molecule has 1 aromatic rings. The third kappa shape index (κ3) is 3.29. The molecule has 0 radical (unpaired) electrons. The summed E-state index contributed by atoms with van der Waals surface area (Å²) >= 11 is 0. The summed E-state index contributed by atoms with van der Waals surface area (Å²) in [4.78, 5) is 26.6. The Hall–Kier alpha value is -1.89. The lowest BCUT2D eigenvalue weighted by molar-refractivity contribution is -0.160. The molecular formula is C18H26N4O3. The first-order chi connectivity index (χ1) is 12.1. The molecule has 1 aromatic heterocycles.